The molecule has 0 spiro atoms. The lowest BCUT2D eigenvalue weighted by Gasteiger charge is -2.06. The van der Waals surface area contributed by atoms with Gasteiger partial charge in [-0.25, -0.2) is 0 Å². The van der Waals surface area contributed by atoms with E-state index in [1.54, 1.807) is 24.3 Å². The van der Waals surface area contributed by atoms with Crippen LogP contribution in [0.2, 0.25) is 5.02 Å². The molecule has 138 valence electrons. The number of esters is 1. The summed E-state index contributed by atoms with van der Waals surface area (Å²) in [7, 11) is 0. The Morgan fingerprint density at radius 1 is 1.08 bits per heavy atom. The molecule has 0 unspecified atom stereocenters. The van der Waals surface area contributed by atoms with Crippen molar-refractivity contribution < 1.29 is 19.1 Å². The van der Waals surface area contributed by atoms with Gasteiger partial charge in [0.1, 0.15) is 0 Å². The first kappa shape index (κ1) is 20.3. The molecule has 0 saturated carbocycles. The lowest BCUT2D eigenvalue weighted by molar-refractivity contribution is -0.145. The number of rotatable bonds is 9. The second-order valence-electron chi connectivity index (χ2n) is 5.06. The highest BCUT2D eigenvalue weighted by molar-refractivity contribution is 8.00. The van der Waals surface area contributed by atoms with E-state index in [1.165, 1.54) is 11.3 Å². The number of thioether (sulfide) groups is 1. The SMILES string of the molecule is O=C(COC(=O)CSCC(=O)Nc1ccc(Cl)cc1)NCc1cccs1. The fourth-order valence-electron chi connectivity index (χ4n) is 1.79. The Hall–Kier alpha value is -2.03. The smallest absolute Gasteiger partial charge is 0.316 e. The largest absolute Gasteiger partial charge is 0.455 e. The van der Waals surface area contributed by atoms with Crippen LogP contribution in [0.5, 0.6) is 0 Å². The Morgan fingerprint density at radius 2 is 1.85 bits per heavy atom. The number of carbonyl (C=O) groups excluding carboxylic acids is 3. The molecule has 2 rings (SSSR count). The Morgan fingerprint density at radius 3 is 2.54 bits per heavy atom. The van der Waals surface area contributed by atoms with Gasteiger partial charge in [-0.3, -0.25) is 14.4 Å². The molecule has 2 aromatic rings. The Labute approximate surface area is 164 Å². The number of ether oxygens (including phenoxy) is 1. The summed E-state index contributed by atoms with van der Waals surface area (Å²) in [5.74, 6) is -1.05. The van der Waals surface area contributed by atoms with Gasteiger partial charge in [0.15, 0.2) is 6.61 Å². The summed E-state index contributed by atoms with van der Waals surface area (Å²) < 4.78 is 4.87. The van der Waals surface area contributed by atoms with E-state index in [4.69, 9.17) is 16.3 Å². The van der Waals surface area contributed by atoms with E-state index in [2.05, 4.69) is 10.6 Å². The Bertz CT molecular complexity index is 736. The third kappa shape index (κ3) is 7.90. The van der Waals surface area contributed by atoms with Gasteiger partial charge in [0, 0.05) is 15.6 Å². The fraction of sp³-hybridized carbons (Fsp3) is 0.235. The van der Waals surface area contributed by atoms with Crippen LogP contribution in [0.4, 0.5) is 5.69 Å². The predicted molar refractivity (Wildman–Crippen MR) is 105 cm³/mol. The molecule has 0 aliphatic carbocycles. The minimum Gasteiger partial charge on any atom is -0.455 e. The lowest BCUT2D eigenvalue weighted by Crippen LogP contribution is -2.28. The van der Waals surface area contributed by atoms with Crippen LogP contribution in [-0.2, 0) is 25.7 Å². The van der Waals surface area contributed by atoms with Gasteiger partial charge < -0.3 is 15.4 Å². The number of hydrogen-bond donors (Lipinski definition) is 2. The highest BCUT2D eigenvalue weighted by Gasteiger charge is 2.10. The van der Waals surface area contributed by atoms with Crippen molar-refractivity contribution in [2.24, 2.45) is 0 Å². The van der Waals surface area contributed by atoms with Crippen molar-refractivity contribution in [3.63, 3.8) is 0 Å². The van der Waals surface area contributed by atoms with Crippen LogP contribution in [0.25, 0.3) is 0 Å². The van der Waals surface area contributed by atoms with Crippen LogP contribution < -0.4 is 10.6 Å². The van der Waals surface area contributed by atoms with Gasteiger partial charge in [-0.05, 0) is 35.7 Å². The van der Waals surface area contributed by atoms with E-state index in [0.717, 1.165) is 16.6 Å². The number of hydrogen-bond acceptors (Lipinski definition) is 6. The van der Waals surface area contributed by atoms with Gasteiger partial charge in [0.2, 0.25) is 5.91 Å². The van der Waals surface area contributed by atoms with Crippen LogP contribution in [0.1, 0.15) is 4.88 Å². The van der Waals surface area contributed by atoms with Crippen molar-refractivity contribution in [1.29, 1.82) is 0 Å². The zero-order valence-electron chi connectivity index (χ0n) is 13.7. The van der Waals surface area contributed by atoms with Crippen molar-refractivity contribution >= 4 is 58.2 Å². The van der Waals surface area contributed by atoms with Crippen LogP contribution in [0, 0.1) is 0 Å². The molecular weight excluding hydrogens is 396 g/mol. The van der Waals surface area contributed by atoms with Crippen molar-refractivity contribution in [3.8, 4) is 0 Å². The number of thiophene rings is 1. The first-order valence-electron chi connectivity index (χ1n) is 7.61. The normalized spacial score (nSPS) is 10.2. The summed E-state index contributed by atoms with van der Waals surface area (Å²) >= 11 is 8.41. The average molecular weight is 413 g/mol. The lowest BCUT2D eigenvalue weighted by atomic mass is 10.3. The van der Waals surface area contributed by atoms with Gasteiger partial charge in [-0.15, -0.1) is 23.1 Å². The van der Waals surface area contributed by atoms with Crippen molar-refractivity contribution in [2.75, 3.05) is 23.4 Å². The van der Waals surface area contributed by atoms with Crippen LogP contribution >= 0.6 is 34.7 Å². The van der Waals surface area contributed by atoms with E-state index in [-0.39, 0.29) is 29.9 Å². The maximum absolute atomic E-state index is 11.8. The van der Waals surface area contributed by atoms with Crippen molar-refractivity contribution in [3.05, 3.63) is 51.7 Å². The molecule has 0 saturated heterocycles. The zero-order chi connectivity index (χ0) is 18.8. The van der Waals surface area contributed by atoms with E-state index in [9.17, 15) is 14.4 Å². The van der Waals surface area contributed by atoms with Gasteiger partial charge in [0.05, 0.1) is 18.1 Å². The van der Waals surface area contributed by atoms with E-state index >= 15 is 0 Å². The summed E-state index contributed by atoms with van der Waals surface area (Å²) in [5, 5.41) is 7.85. The van der Waals surface area contributed by atoms with Crippen molar-refractivity contribution in [1.82, 2.24) is 5.32 Å². The molecular formula is C17H17ClN2O4S2. The summed E-state index contributed by atoms with van der Waals surface area (Å²) in [5.41, 5.74) is 0.630. The van der Waals surface area contributed by atoms with Gasteiger partial charge in [0.25, 0.3) is 5.91 Å². The fourth-order valence-corrected chi connectivity index (χ4v) is 3.18. The zero-order valence-corrected chi connectivity index (χ0v) is 16.1. The number of carbonyl (C=O) groups is 3. The molecule has 2 amide bonds. The molecule has 0 bridgehead atoms. The van der Waals surface area contributed by atoms with E-state index < -0.39 is 5.97 Å². The van der Waals surface area contributed by atoms with Gasteiger partial charge >= 0.3 is 5.97 Å². The third-order valence-electron chi connectivity index (χ3n) is 2.99. The molecule has 0 radical (unpaired) electrons. The molecule has 0 aliphatic heterocycles. The number of anilines is 1. The molecule has 0 atom stereocenters. The summed E-state index contributed by atoms with van der Waals surface area (Å²) in [6.45, 7) is 0.0788. The second kappa shape index (κ2) is 10.8. The minimum absolute atomic E-state index is 0.00770. The predicted octanol–water partition coefficient (Wildman–Crippen LogP) is 2.93. The molecule has 1 aromatic carbocycles. The highest BCUT2D eigenvalue weighted by atomic mass is 35.5. The maximum Gasteiger partial charge on any atom is 0.316 e. The first-order chi connectivity index (χ1) is 12.5. The number of benzene rings is 1. The monoisotopic (exact) mass is 412 g/mol. The molecule has 9 heteroatoms. The van der Waals surface area contributed by atoms with Crippen molar-refractivity contribution in [2.45, 2.75) is 6.54 Å². The van der Waals surface area contributed by atoms with Gasteiger partial charge in [-0.2, -0.15) is 0 Å². The standard InChI is InChI=1S/C17H17ClN2O4S2/c18-12-3-5-13(6-4-12)20-16(22)10-25-11-17(23)24-9-15(21)19-8-14-2-1-7-26-14/h1-7H,8-11H2,(H,19,21)(H,20,22). The molecule has 1 heterocycles. The number of halogens is 1. The highest BCUT2D eigenvalue weighted by Crippen LogP contribution is 2.14. The summed E-state index contributed by atoms with van der Waals surface area (Å²) in [6.07, 6.45) is 0. The second-order valence-corrected chi connectivity index (χ2v) is 7.52. The maximum atomic E-state index is 11.8. The average Bonchev–Trinajstić information content (AvgIpc) is 3.14. The molecule has 26 heavy (non-hydrogen) atoms. The molecule has 2 N–H and O–H groups in total. The summed E-state index contributed by atoms with van der Waals surface area (Å²) in [6, 6.07) is 10.5. The van der Waals surface area contributed by atoms with Crippen LogP contribution in [0.3, 0.4) is 0 Å². The molecule has 6 nitrogen and oxygen atoms in total. The minimum atomic E-state index is -0.541. The van der Waals surface area contributed by atoms with Crippen LogP contribution in [-0.4, -0.2) is 35.9 Å². The van der Waals surface area contributed by atoms with E-state index in [0.29, 0.717) is 17.3 Å². The topological polar surface area (TPSA) is 84.5 Å². The Balaban J connectivity index is 1.55. The number of nitrogens with one attached hydrogen (secondary N) is 2. The molecule has 0 aliphatic rings. The van der Waals surface area contributed by atoms with E-state index in [1.807, 2.05) is 17.5 Å². The number of amides is 2. The van der Waals surface area contributed by atoms with Crippen LogP contribution in [0.15, 0.2) is 41.8 Å². The third-order valence-corrected chi connectivity index (χ3v) is 5.02. The molecule has 1 aromatic heterocycles. The Kier molecular flexibility index (Phi) is 8.46. The molecule has 0 fully saturated rings. The van der Waals surface area contributed by atoms with Gasteiger partial charge in [-0.1, -0.05) is 17.7 Å². The first-order valence-corrected chi connectivity index (χ1v) is 10.0. The summed E-state index contributed by atoms with van der Waals surface area (Å²) in [4.78, 5) is 36.0. The quantitative estimate of drug-likeness (QED) is 0.618.